The van der Waals surface area contributed by atoms with E-state index in [4.69, 9.17) is 5.11 Å². The second kappa shape index (κ2) is 6.79. The number of carbonyl (C=O) groups excluding carboxylic acids is 1. The molecule has 1 atom stereocenters. The molecule has 0 saturated heterocycles. The van der Waals surface area contributed by atoms with E-state index < -0.39 is 41.5 Å². The van der Waals surface area contributed by atoms with E-state index in [9.17, 15) is 18.4 Å². The Morgan fingerprint density at radius 2 is 1.95 bits per heavy atom. The van der Waals surface area contributed by atoms with Crippen LogP contribution in [0.5, 0.6) is 0 Å². The number of nitrogens with one attached hydrogen (secondary N) is 1. The molecule has 0 aromatic heterocycles. The van der Waals surface area contributed by atoms with Crippen LogP contribution in [-0.4, -0.2) is 36.7 Å². The first-order valence-corrected chi connectivity index (χ1v) is 5.39. The van der Waals surface area contributed by atoms with Crippen LogP contribution in [0.4, 0.5) is 8.78 Å². The van der Waals surface area contributed by atoms with Gasteiger partial charge >= 0.3 is 5.97 Å². The first kappa shape index (κ1) is 15.0. The predicted molar refractivity (Wildman–Crippen MR) is 61.5 cm³/mol. The summed E-state index contributed by atoms with van der Waals surface area (Å²) in [5, 5.41) is 10.9. The zero-order chi connectivity index (χ0) is 14.4. The average molecular weight is 273 g/mol. The summed E-state index contributed by atoms with van der Waals surface area (Å²) in [6.45, 7) is -0.235. The lowest BCUT2D eigenvalue weighted by Gasteiger charge is -2.13. The molecule has 0 bridgehead atoms. The van der Waals surface area contributed by atoms with Gasteiger partial charge in [0.1, 0.15) is 11.6 Å². The van der Waals surface area contributed by atoms with Gasteiger partial charge in [-0.2, -0.15) is 0 Å². The normalized spacial score (nSPS) is 11.9. The molecule has 5 nitrogen and oxygen atoms in total. The fourth-order valence-electron chi connectivity index (χ4n) is 1.45. The molecule has 7 heteroatoms. The van der Waals surface area contributed by atoms with E-state index in [-0.39, 0.29) is 6.61 Å². The van der Waals surface area contributed by atoms with Gasteiger partial charge in [0.05, 0.1) is 13.0 Å². The Hall–Kier alpha value is -2.02. The Kier molecular flexibility index (Phi) is 5.37. The quantitative estimate of drug-likeness (QED) is 0.801. The number of methoxy groups -OCH3 is 1. The summed E-state index contributed by atoms with van der Waals surface area (Å²) in [5.41, 5.74) is -0.401. The van der Waals surface area contributed by atoms with Gasteiger partial charge in [-0.15, -0.1) is 0 Å². The first-order chi connectivity index (χ1) is 8.95. The Balaban J connectivity index is 2.72. The number of halogens is 2. The Bertz CT molecular complexity index is 459. The van der Waals surface area contributed by atoms with Crippen LogP contribution >= 0.6 is 0 Å². The maximum atomic E-state index is 13.3. The van der Waals surface area contributed by atoms with Gasteiger partial charge in [0.25, 0.3) is 0 Å². The summed E-state index contributed by atoms with van der Waals surface area (Å²) in [6.07, 6.45) is -0.577. The van der Waals surface area contributed by atoms with Crippen molar-refractivity contribution in [2.45, 2.75) is 12.5 Å². The number of benzene rings is 1. The molecule has 0 fully saturated rings. The van der Waals surface area contributed by atoms with E-state index in [1.165, 1.54) is 13.2 Å². The highest BCUT2D eigenvalue weighted by molar-refractivity contribution is 5.85. The molecule has 0 aliphatic rings. The standard InChI is InChI=1S/C12H13F2NO4/c1-19-6-10(12(17)18)15-11(16)5-7-8(13)3-2-4-9(7)14/h2-4,10H,5-6H2,1H3,(H,15,16)(H,17,18). The summed E-state index contributed by atoms with van der Waals surface area (Å²) in [4.78, 5) is 22.3. The third-order valence-electron chi connectivity index (χ3n) is 2.37. The molecule has 1 aromatic rings. The van der Waals surface area contributed by atoms with Gasteiger partial charge < -0.3 is 15.2 Å². The lowest BCUT2D eigenvalue weighted by atomic mass is 10.1. The topological polar surface area (TPSA) is 75.6 Å². The second-order valence-electron chi connectivity index (χ2n) is 3.79. The summed E-state index contributed by atoms with van der Waals surface area (Å²) in [6, 6.07) is 1.97. The first-order valence-electron chi connectivity index (χ1n) is 5.39. The van der Waals surface area contributed by atoms with Crippen molar-refractivity contribution in [3.05, 3.63) is 35.4 Å². The van der Waals surface area contributed by atoms with E-state index in [2.05, 4.69) is 10.1 Å². The fourth-order valence-corrected chi connectivity index (χ4v) is 1.45. The van der Waals surface area contributed by atoms with Gasteiger partial charge in [-0.25, -0.2) is 13.6 Å². The fraction of sp³-hybridized carbons (Fsp3) is 0.333. The molecule has 1 amide bonds. The molecule has 0 radical (unpaired) electrons. The molecule has 1 rings (SSSR count). The lowest BCUT2D eigenvalue weighted by Crippen LogP contribution is -2.44. The van der Waals surface area contributed by atoms with Gasteiger partial charge in [0.15, 0.2) is 6.04 Å². The molecule has 0 spiro atoms. The molecule has 1 unspecified atom stereocenters. The minimum Gasteiger partial charge on any atom is -0.480 e. The average Bonchev–Trinajstić information content (AvgIpc) is 2.33. The van der Waals surface area contributed by atoms with Crippen LogP contribution in [0.3, 0.4) is 0 Å². The zero-order valence-corrected chi connectivity index (χ0v) is 10.2. The molecule has 19 heavy (non-hydrogen) atoms. The van der Waals surface area contributed by atoms with Crippen molar-refractivity contribution in [1.29, 1.82) is 0 Å². The summed E-state index contributed by atoms with van der Waals surface area (Å²) < 4.78 is 31.2. The van der Waals surface area contributed by atoms with Crippen molar-refractivity contribution in [3.63, 3.8) is 0 Å². The van der Waals surface area contributed by atoms with Crippen molar-refractivity contribution in [2.24, 2.45) is 0 Å². The molecule has 104 valence electrons. The largest absolute Gasteiger partial charge is 0.480 e. The summed E-state index contributed by atoms with van der Waals surface area (Å²) in [5.74, 6) is -3.79. The third-order valence-corrected chi connectivity index (χ3v) is 2.37. The number of amides is 1. The van der Waals surface area contributed by atoms with Crippen molar-refractivity contribution in [3.8, 4) is 0 Å². The van der Waals surface area contributed by atoms with Crippen molar-refractivity contribution in [2.75, 3.05) is 13.7 Å². The molecule has 2 N–H and O–H groups in total. The molecule has 0 aliphatic carbocycles. The highest BCUT2D eigenvalue weighted by Gasteiger charge is 2.21. The van der Waals surface area contributed by atoms with Crippen LogP contribution in [0.1, 0.15) is 5.56 Å². The van der Waals surface area contributed by atoms with Crippen molar-refractivity contribution >= 4 is 11.9 Å². The minimum atomic E-state index is -1.29. The van der Waals surface area contributed by atoms with Crippen LogP contribution in [0.25, 0.3) is 0 Å². The van der Waals surface area contributed by atoms with Gasteiger partial charge in [-0.1, -0.05) is 6.07 Å². The van der Waals surface area contributed by atoms with Gasteiger partial charge in [0.2, 0.25) is 5.91 Å². The van der Waals surface area contributed by atoms with Gasteiger partial charge in [-0.3, -0.25) is 4.79 Å². The van der Waals surface area contributed by atoms with Crippen LogP contribution in [0.2, 0.25) is 0 Å². The van der Waals surface area contributed by atoms with E-state index in [0.717, 1.165) is 12.1 Å². The molecule has 1 aromatic carbocycles. The van der Waals surface area contributed by atoms with Crippen LogP contribution < -0.4 is 5.32 Å². The number of carboxylic acids is 1. The number of hydrogen-bond acceptors (Lipinski definition) is 3. The van der Waals surface area contributed by atoms with Crippen molar-refractivity contribution in [1.82, 2.24) is 5.32 Å². The van der Waals surface area contributed by atoms with E-state index in [0.29, 0.717) is 0 Å². The maximum absolute atomic E-state index is 13.3. The Morgan fingerprint density at radius 3 is 2.42 bits per heavy atom. The van der Waals surface area contributed by atoms with E-state index >= 15 is 0 Å². The molecule has 0 aliphatic heterocycles. The second-order valence-corrected chi connectivity index (χ2v) is 3.79. The third kappa shape index (κ3) is 4.29. The van der Waals surface area contributed by atoms with Crippen LogP contribution in [0.15, 0.2) is 18.2 Å². The van der Waals surface area contributed by atoms with Crippen molar-refractivity contribution < 1.29 is 28.2 Å². The van der Waals surface area contributed by atoms with Crippen LogP contribution in [0, 0.1) is 11.6 Å². The maximum Gasteiger partial charge on any atom is 0.328 e. The molecule has 0 heterocycles. The smallest absolute Gasteiger partial charge is 0.328 e. The van der Waals surface area contributed by atoms with Crippen LogP contribution in [-0.2, 0) is 20.7 Å². The lowest BCUT2D eigenvalue weighted by molar-refractivity contribution is -0.143. The van der Waals surface area contributed by atoms with Gasteiger partial charge in [0, 0.05) is 12.7 Å². The van der Waals surface area contributed by atoms with Gasteiger partial charge in [-0.05, 0) is 12.1 Å². The molecular formula is C12H13F2NO4. The monoisotopic (exact) mass is 273 g/mol. The highest BCUT2D eigenvalue weighted by Crippen LogP contribution is 2.12. The van der Waals surface area contributed by atoms with E-state index in [1.54, 1.807) is 0 Å². The zero-order valence-electron chi connectivity index (χ0n) is 10.2. The number of hydrogen-bond donors (Lipinski definition) is 2. The number of rotatable bonds is 6. The molecular weight excluding hydrogens is 260 g/mol. The van der Waals surface area contributed by atoms with E-state index in [1.807, 2.05) is 0 Å². The number of carboxylic acid groups (broad SMARTS) is 1. The highest BCUT2D eigenvalue weighted by atomic mass is 19.1. The Morgan fingerprint density at radius 1 is 1.37 bits per heavy atom. The Labute approximate surface area is 108 Å². The molecule has 0 saturated carbocycles. The summed E-state index contributed by atoms with van der Waals surface area (Å²) in [7, 11) is 1.28. The predicted octanol–water partition coefficient (Wildman–Crippen LogP) is 0.723. The minimum absolute atomic E-state index is 0.235. The SMILES string of the molecule is COCC(NC(=O)Cc1c(F)cccc1F)C(=O)O. The number of aliphatic carboxylic acids is 1. The number of ether oxygens (including phenoxy) is 1. The summed E-state index contributed by atoms with van der Waals surface area (Å²) >= 11 is 0. The number of carbonyl (C=O) groups is 2.